The van der Waals surface area contributed by atoms with Gasteiger partial charge in [0, 0.05) is 26.5 Å². The number of hydrogen-bond acceptors (Lipinski definition) is 3. The second-order valence-electron chi connectivity index (χ2n) is 3.18. The molecule has 0 saturated carbocycles. The third kappa shape index (κ3) is 2.45. The Morgan fingerprint density at radius 2 is 2.20 bits per heavy atom. The van der Waals surface area contributed by atoms with Gasteiger partial charge in [-0.1, -0.05) is 13.0 Å². The van der Waals surface area contributed by atoms with Crippen LogP contribution in [0.4, 0.5) is 0 Å². The summed E-state index contributed by atoms with van der Waals surface area (Å²) in [6.45, 7) is 1.98. The topological polar surface area (TPSA) is 55.2 Å². The molecule has 0 unspecified atom stereocenters. The van der Waals surface area contributed by atoms with Crippen LogP contribution in [0.2, 0.25) is 0 Å². The summed E-state index contributed by atoms with van der Waals surface area (Å²) in [6, 6.07) is 0. The van der Waals surface area contributed by atoms with Crippen LogP contribution in [-0.2, 0) is 10.2 Å². The summed E-state index contributed by atoms with van der Waals surface area (Å²) in [4.78, 5) is 3.97. The standard InChI is InChI=1S/C9H15N3O2S/c1-4-5-6-9-10-7-8-12(9)15(13,14)11(2)3/h5-8H,4H2,1-3H3/b6-5+. The van der Waals surface area contributed by atoms with Crippen LogP contribution in [0.25, 0.3) is 6.08 Å². The van der Waals surface area contributed by atoms with E-state index in [-0.39, 0.29) is 0 Å². The molecule has 6 heteroatoms. The van der Waals surface area contributed by atoms with Crippen LogP contribution < -0.4 is 0 Å². The Hall–Kier alpha value is -1.14. The molecular weight excluding hydrogens is 214 g/mol. The predicted molar refractivity (Wildman–Crippen MR) is 59.6 cm³/mol. The molecular formula is C9H15N3O2S. The molecule has 0 aromatic carbocycles. The normalized spacial score (nSPS) is 12.8. The molecule has 1 aromatic rings. The van der Waals surface area contributed by atoms with Crippen LogP contribution in [0.15, 0.2) is 18.5 Å². The van der Waals surface area contributed by atoms with Crippen LogP contribution in [0.5, 0.6) is 0 Å². The summed E-state index contributed by atoms with van der Waals surface area (Å²) in [7, 11) is -0.481. The van der Waals surface area contributed by atoms with Crippen molar-refractivity contribution in [2.24, 2.45) is 0 Å². The lowest BCUT2D eigenvalue weighted by molar-refractivity contribution is 0.510. The molecule has 0 saturated heterocycles. The second-order valence-corrected chi connectivity index (χ2v) is 5.20. The first-order valence-electron chi connectivity index (χ1n) is 4.63. The fraction of sp³-hybridized carbons (Fsp3) is 0.444. The average Bonchev–Trinajstić information content (AvgIpc) is 2.62. The molecule has 1 aromatic heterocycles. The molecule has 84 valence electrons. The van der Waals surface area contributed by atoms with Gasteiger partial charge in [0.1, 0.15) is 5.82 Å². The molecule has 1 rings (SSSR count). The van der Waals surface area contributed by atoms with Gasteiger partial charge >= 0.3 is 10.2 Å². The molecule has 1 heterocycles. The van der Waals surface area contributed by atoms with E-state index in [1.54, 1.807) is 6.08 Å². The lowest BCUT2D eigenvalue weighted by Gasteiger charge is -2.12. The van der Waals surface area contributed by atoms with Gasteiger partial charge < -0.3 is 0 Å². The zero-order valence-corrected chi connectivity index (χ0v) is 9.90. The van der Waals surface area contributed by atoms with Gasteiger partial charge in [-0.05, 0) is 12.5 Å². The van der Waals surface area contributed by atoms with Crippen molar-refractivity contribution < 1.29 is 8.42 Å². The highest BCUT2D eigenvalue weighted by molar-refractivity contribution is 7.87. The predicted octanol–water partition coefficient (Wildman–Crippen LogP) is 0.961. The van der Waals surface area contributed by atoms with Crippen molar-refractivity contribution in [2.45, 2.75) is 13.3 Å². The number of hydrogen-bond donors (Lipinski definition) is 0. The molecule has 15 heavy (non-hydrogen) atoms. The number of nitrogens with zero attached hydrogens (tertiary/aromatic N) is 3. The van der Waals surface area contributed by atoms with Crippen LogP contribution in [0.1, 0.15) is 19.2 Å². The van der Waals surface area contributed by atoms with Gasteiger partial charge in [0.25, 0.3) is 0 Å². The van der Waals surface area contributed by atoms with Crippen LogP contribution in [-0.4, -0.2) is 35.8 Å². The SMILES string of the molecule is CC/C=C/c1nccn1S(=O)(=O)N(C)C. The molecule has 5 nitrogen and oxygen atoms in total. The van der Waals surface area contributed by atoms with Gasteiger partial charge in [-0.3, -0.25) is 0 Å². The molecule has 0 aliphatic carbocycles. The minimum atomic E-state index is -3.46. The molecule has 0 bridgehead atoms. The van der Waals surface area contributed by atoms with Crippen molar-refractivity contribution in [3.05, 3.63) is 24.3 Å². The second kappa shape index (κ2) is 4.59. The zero-order chi connectivity index (χ0) is 11.5. The summed E-state index contributed by atoms with van der Waals surface area (Å²) in [5, 5.41) is 0. The van der Waals surface area contributed by atoms with E-state index in [0.29, 0.717) is 5.82 Å². The van der Waals surface area contributed by atoms with Crippen LogP contribution >= 0.6 is 0 Å². The first-order valence-corrected chi connectivity index (χ1v) is 6.02. The highest BCUT2D eigenvalue weighted by Gasteiger charge is 2.18. The van der Waals surface area contributed by atoms with Gasteiger partial charge in [-0.15, -0.1) is 0 Å². The lowest BCUT2D eigenvalue weighted by atomic mass is 10.4. The first kappa shape index (κ1) is 11.9. The summed E-state index contributed by atoms with van der Waals surface area (Å²) < 4.78 is 25.9. The third-order valence-electron chi connectivity index (χ3n) is 1.85. The molecule has 0 spiro atoms. The van der Waals surface area contributed by atoms with E-state index in [2.05, 4.69) is 4.98 Å². The van der Waals surface area contributed by atoms with E-state index in [1.165, 1.54) is 26.5 Å². The average molecular weight is 229 g/mol. The molecule has 0 amide bonds. The van der Waals surface area contributed by atoms with E-state index in [9.17, 15) is 8.42 Å². The van der Waals surface area contributed by atoms with Gasteiger partial charge in [0.2, 0.25) is 0 Å². The van der Waals surface area contributed by atoms with Crippen molar-refractivity contribution in [3.63, 3.8) is 0 Å². The molecule has 0 N–H and O–H groups in total. The van der Waals surface area contributed by atoms with E-state index in [4.69, 9.17) is 0 Å². The van der Waals surface area contributed by atoms with E-state index >= 15 is 0 Å². The van der Waals surface area contributed by atoms with Gasteiger partial charge in [0.05, 0.1) is 0 Å². The molecule has 0 fully saturated rings. The fourth-order valence-electron chi connectivity index (χ4n) is 1.01. The fourth-order valence-corrected chi connectivity index (χ4v) is 1.92. The van der Waals surface area contributed by atoms with Crippen molar-refractivity contribution in [3.8, 4) is 0 Å². The number of rotatable bonds is 4. The van der Waals surface area contributed by atoms with Crippen LogP contribution in [0.3, 0.4) is 0 Å². The zero-order valence-electron chi connectivity index (χ0n) is 9.08. The molecule has 0 atom stereocenters. The summed E-state index contributed by atoms with van der Waals surface area (Å²) >= 11 is 0. The monoisotopic (exact) mass is 229 g/mol. The Morgan fingerprint density at radius 1 is 1.53 bits per heavy atom. The highest BCUT2D eigenvalue weighted by Crippen LogP contribution is 2.07. The van der Waals surface area contributed by atoms with Crippen molar-refractivity contribution in [2.75, 3.05) is 14.1 Å². The molecule has 0 aliphatic heterocycles. The maximum atomic E-state index is 11.8. The van der Waals surface area contributed by atoms with Gasteiger partial charge in [-0.25, -0.2) is 8.96 Å². The van der Waals surface area contributed by atoms with Gasteiger partial charge in [0.15, 0.2) is 0 Å². The quantitative estimate of drug-likeness (QED) is 0.772. The number of aromatic nitrogens is 2. The van der Waals surface area contributed by atoms with Crippen molar-refractivity contribution in [1.82, 2.24) is 13.3 Å². The van der Waals surface area contributed by atoms with Crippen molar-refractivity contribution >= 4 is 16.3 Å². The maximum Gasteiger partial charge on any atom is 0.308 e. The summed E-state index contributed by atoms with van der Waals surface area (Å²) in [6.07, 6.45) is 7.31. The Labute approximate surface area is 90.2 Å². The Kier molecular flexibility index (Phi) is 3.65. The van der Waals surface area contributed by atoms with Crippen LogP contribution in [0, 0.1) is 0 Å². The third-order valence-corrected chi connectivity index (χ3v) is 3.58. The summed E-state index contributed by atoms with van der Waals surface area (Å²) in [5.74, 6) is 0.422. The van der Waals surface area contributed by atoms with Gasteiger partial charge in [-0.2, -0.15) is 12.7 Å². The maximum absolute atomic E-state index is 11.8. The lowest BCUT2D eigenvalue weighted by Crippen LogP contribution is -2.29. The minimum Gasteiger partial charge on any atom is -0.236 e. The van der Waals surface area contributed by atoms with Crippen molar-refractivity contribution in [1.29, 1.82) is 0 Å². The highest BCUT2D eigenvalue weighted by atomic mass is 32.2. The van der Waals surface area contributed by atoms with E-state index in [0.717, 1.165) is 14.7 Å². The molecule has 0 radical (unpaired) electrons. The Morgan fingerprint density at radius 3 is 2.73 bits per heavy atom. The Bertz CT molecular complexity index is 446. The molecule has 0 aliphatic rings. The van der Waals surface area contributed by atoms with E-state index in [1.807, 2.05) is 13.0 Å². The summed E-state index contributed by atoms with van der Waals surface area (Å²) in [5.41, 5.74) is 0. The largest absolute Gasteiger partial charge is 0.308 e. The van der Waals surface area contributed by atoms with E-state index < -0.39 is 10.2 Å². The first-order chi connectivity index (χ1) is 7.00. The number of allylic oxidation sites excluding steroid dienone is 1. The number of imidazole rings is 1. The smallest absolute Gasteiger partial charge is 0.236 e. The minimum absolute atomic E-state index is 0.422. The Balaban J connectivity index is 3.16.